The summed E-state index contributed by atoms with van der Waals surface area (Å²) in [5, 5.41) is 9.11. The highest BCUT2D eigenvalue weighted by atomic mass is 79.9. The van der Waals surface area contributed by atoms with Crippen LogP contribution in [0.3, 0.4) is 0 Å². The van der Waals surface area contributed by atoms with Gasteiger partial charge in [-0.25, -0.2) is 0 Å². The molecule has 0 amide bonds. The Labute approximate surface area is 78.2 Å². The molecule has 1 nitrogen and oxygen atoms in total. The second-order valence-corrected chi connectivity index (χ2v) is 5.51. The molecule has 0 saturated heterocycles. The van der Waals surface area contributed by atoms with Crippen molar-refractivity contribution in [2.45, 2.75) is 18.3 Å². The van der Waals surface area contributed by atoms with Gasteiger partial charge in [-0.15, -0.1) is 11.3 Å². The third-order valence-corrected chi connectivity index (χ3v) is 4.12. The maximum atomic E-state index is 9.11. The summed E-state index contributed by atoms with van der Waals surface area (Å²) in [6.07, 6.45) is 2.30. The predicted octanol–water partition coefficient (Wildman–Crippen LogP) is 2.53. The fraction of sp³-hybridized carbons (Fsp3) is 0.500. The van der Waals surface area contributed by atoms with Crippen molar-refractivity contribution in [1.29, 1.82) is 0 Å². The van der Waals surface area contributed by atoms with Gasteiger partial charge >= 0.3 is 0 Å². The van der Waals surface area contributed by atoms with Crippen LogP contribution in [0, 0.1) is 0 Å². The van der Waals surface area contributed by atoms with Gasteiger partial charge in [-0.3, -0.25) is 0 Å². The zero-order valence-electron chi connectivity index (χ0n) is 6.01. The molecule has 11 heavy (non-hydrogen) atoms. The summed E-state index contributed by atoms with van der Waals surface area (Å²) in [6, 6.07) is 4.16. The summed E-state index contributed by atoms with van der Waals surface area (Å²) in [4.78, 5) is 1.33. The van der Waals surface area contributed by atoms with E-state index in [1.807, 2.05) is 0 Å². The zero-order chi connectivity index (χ0) is 7.90. The minimum atomic E-state index is 0.149. The minimum absolute atomic E-state index is 0.149. The minimum Gasteiger partial charge on any atom is -0.395 e. The molecule has 1 aromatic rings. The Bertz CT molecular complexity index is 265. The van der Waals surface area contributed by atoms with E-state index in [-0.39, 0.29) is 5.41 Å². The van der Waals surface area contributed by atoms with Gasteiger partial charge in [0.05, 0.1) is 10.4 Å². The highest BCUT2D eigenvalue weighted by Gasteiger charge is 2.44. The first-order valence-electron chi connectivity index (χ1n) is 3.63. The second kappa shape index (κ2) is 2.57. The monoisotopic (exact) mass is 232 g/mol. The van der Waals surface area contributed by atoms with E-state index in [0.717, 1.165) is 16.6 Å². The van der Waals surface area contributed by atoms with Gasteiger partial charge in [0.1, 0.15) is 0 Å². The number of hydrogen-bond donors (Lipinski definition) is 1. The fourth-order valence-corrected chi connectivity index (χ4v) is 2.86. The van der Waals surface area contributed by atoms with Crippen LogP contribution in [0.4, 0.5) is 0 Å². The molecule has 0 atom stereocenters. The van der Waals surface area contributed by atoms with E-state index in [0.29, 0.717) is 6.61 Å². The molecule has 1 saturated carbocycles. The molecule has 0 unspecified atom stereocenters. The maximum absolute atomic E-state index is 9.11. The largest absolute Gasteiger partial charge is 0.395 e. The smallest absolute Gasteiger partial charge is 0.0701 e. The Morgan fingerprint density at radius 2 is 2.27 bits per heavy atom. The molecule has 0 spiro atoms. The lowest BCUT2D eigenvalue weighted by Gasteiger charge is -2.06. The Hall–Kier alpha value is 0.140. The molecule has 3 heteroatoms. The van der Waals surface area contributed by atoms with Crippen LogP contribution >= 0.6 is 27.3 Å². The maximum Gasteiger partial charge on any atom is 0.0701 e. The predicted molar refractivity (Wildman–Crippen MR) is 50.0 cm³/mol. The van der Waals surface area contributed by atoms with Gasteiger partial charge in [0.2, 0.25) is 0 Å². The second-order valence-electron chi connectivity index (χ2n) is 3.04. The third-order valence-electron chi connectivity index (χ3n) is 2.25. The van der Waals surface area contributed by atoms with E-state index in [1.54, 1.807) is 11.3 Å². The molecule has 1 aromatic heterocycles. The Morgan fingerprint density at radius 1 is 1.55 bits per heavy atom. The number of hydrogen-bond acceptors (Lipinski definition) is 2. The normalized spacial score (nSPS) is 20.2. The quantitative estimate of drug-likeness (QED) is 0.832. The molecule has 1 heterocycles. The van der Waals surface area contributed by atoms with Crippen LogP contribution in [0.2, 0.25) is 0 Å². The van der Waals surface area contributed by atoms with Crippen molar-refractivity contribution in [2.24, 2.45) is 0 Å². The summed E-state index contributed by atoms with van der Waals surface area (Å²) in [7, 11) is 0. The molecule has 0 aliphatic heterocycles. The lowest BCUT2D eigenvalue weighted by atomic mass is 10.1. The van der Waals surface area contributed by atoms with E-state index in [1.165, 1.54) is 4.88 Å². The molecular weight excluding hydrogens is 224 g/mol. The van der Waals surface area contributed by atoms with E-state index in [2.05, 4.69) is 28.1 Å². The van der Waals surface area contributed by atoms with Crippen LogP contribution in [0.15, 0.2) is 15.9 Å². The van der Waals surface area contributed by atoms with Crippen molar-refractivity contribution in [3.05, 3.63) is 20.8 Å². The van der Waals surface area contributed by atoms with Crippen LogP contribution in [0.25, 0.3) is 0 Å². The summed E-state index contributed by atoms with van der Waals surface area (Å²) in [5.41, 5.74) is 0.149. The van der Waals surface area contributed by atoms with Gasteiger partial charge in [0.25, 0.3) is 0 Å². The molecule has 0 radical (unpaired) electrons. The van der Waals surface area contributed by atoms with Gasteiger partial charge in [-0.05, 0) is 40.9 Å². The highest BCUT2D eigenvalue weighted by Crippen LogP contribution is 2.50. The molecule has 0 bridgehead atoms. The lowest BCUT2D eigenvalue weighted by molar-refractivity contribution is 0.257. The molecule has 1 aliphatic carbocycles. The van der Waals surface area contributed by atoms with E-state index < -0.39 is 0 Å². The zero-order valence-corrected chi connectivity index (χ0v) is 8.41. The van der Waals surface area contributed by atoms with Crippen LogP contribution in [0.1, 0.15) is 17.7 Å². The Morgan fingerprint density at radius 3 is 2.64 bits per heavy atom. The van der Waals surface area contributed by atoms with Gasteiger partial charge in [-0.2, -0.15) is 0 Å². The third kappa shape index (κ3) is 1.25. The Kier molecular flexibility index (Phi) is 1.82. The molecule has 2 rings (SSSR count). The molecule has 1 N–H and O–H groups in total. The van der Waals surface area contributed by atoms with Crippen molar-refractivity contribution in [3.63, 3.8) is 0 Å². The summed E-state index contributed by atoms with van der Waals surface area (Å²) in [5.74, 6) is 0. The van der Waals surface area contributed by atoms with Crippen molar-refractivity contribution in [3.8, 4) is 0 Å². The molecule has 60 valence electrons. The topological polar surface area (TPSA) is 20.2 Å². The Balaban J connectivity index is 2.29. The average molecular weight is 233 g/mol. The van der Waals surface area contributed by atoms with Crippen LogP contribution in [-0.2, 0) is 5.41 Å². The molecule has 0 aromatic carbocycles. The van der Waals surface area contributed by atoms with E-state index >= 15 is 0 Å². The summed E-state index contributed by atoms with van der Waals surface area (Å²) in [6.45, 7) is 0.306. The summed E-state index contributed by atoms with van der Waals surface area (Å²) >= 11 is 5.16. The molecule has 1 fully saturated rings. The van der Waals surface area contributed by atoms with Crippen molar-refractivity contribution < 1.29 is 5.11 Å². The van der Waals surface area contributed by atoms with E-state index in [4.69, 9.17) is 5.11 Å². The first-order chi connectivity index (χ1) is 5.27. The number of aliphatic hydroxyl groups is 1. The number of halogens is 1. The lowest BCUT2D eigenvalue weighted by Crippen LogP contribution is -2.09. The van der Waals surface area contributed by atoms with Crippen molar-refractivity contribution in [1.82, 2.24) is 0 Å². The highest BCUT2D eigenvalue weighted by molar-refractivity contribution is 9.11. The van der Waals surface area contributed by atoms with Gasteiger partial charge in [0.15, 0.2) is 0 Å². The molecular formula is C8H9BrOS. The SMILES string of the molecule is OCC1(c2ccc(Br)s2)CC1. The first-order valence-corrected chi connectivity index (χ1v) is 5.24. The van der Waals surface area contributed by atoms with Crippen LogP contribution < -0.4 is 0 Å². The number of aliphatic hydroxyl groups excluding tert-OH is 1. The van der Waals surface area contributed by atoms with E-state index in [9.17, 15) is 0 Å². The molecule has 1 aliphatic rings. The standard InChI is InChI=1S/C8H9BrOS/c9-7-2-1-6(11-7)8(5-10)3-4-8/h1-2,10H,3-5H2. The fourth-order valence-electron chi connectivity index (χ4n) is 1.23. The van der Waals surface area contributed by atoms with Crippen molar-refractivity contribution in [2.75, 3.05) is 6.61 Å². The van der Waals surface area contributed by atoms with Crippen LogP contribution in [-0.4, -0.2) is 11.7 Å². The van der Waals surface area contributed by atoms with Crippen LogP contribution in [0.5, 0.6) is 0 Å². The number of rotatable bonds is 2. The van der Waals surface area contributed by atoms with Crippen molar-refractivity contribution >= 4 is 27.3 Å². The first kappa shape index (κ1) is 7.77. The summed E-state index contributed by atoms with van der Waals surface area (Å²) < 4.78 is 1.16. The average Bonchev–Trinajstić information content (AvgIpc) is 2.70. The van der Waals surface area contributed by atoms with Gasteiger partial charge < -0.3 is 5.11 Å². The number of thiophene rings is 1. The van der Waals surface area contributed by atoms with Gasteiger partial charge in [0, 0.05) is 10.3 Å². The van der Waals surface area contributed by atoms with Gasteiger partial charge in [-0.1, -0.05) is 0 Å².